The molecule has 2 N–H and O–H groups in total. The lowest BCUT2D eigenvalue weighted by Crippen LogP contribution is -2.40. The number of rotatable bonds is 8. The van der Waals surface area contributed by atoms with Gasteiger partial charge in [0.05, 0.1) is 4.92 Å². The molecule has 6 heteroatoms. The van der Waals surface area contributed by atoms with Crippen LogP contribution < -0.4 is 5.73 Å². The van der Waals surface area contributed by atoms with Crippen molar-refractivity contribution in [3.05, 3.63) is 52.6 Å². The van der Waals surface area contributed by atoms with Gasteiger partial charge < -0.3 is 10.6 Å². The second-order valence-electron chi connectivity index (χ2n) is 6.93. The highest BCUT2D eigenvalue weighted by molar-refractivity contribution is 5.77. The van der Waals surface area contributed by atoms with Crippen molar-refractivity contribution in [3.8, 4) is 0 Å². The molecule has 0 aromatic heterocycles. The molecule has 0 unspecified atom stereocenters. The van der Waals surface area contributed by atoms with E-state index in [1.165, 1.54) is 18.6 Å². The Labute approximate surface area is 148 Å². The summed E-state index contributed by atoms with van der Waals surface area (Å²) in [5, 5.41) is 10.9. The molecular weight excluding hydrogens is 318 g/mol. The zero-order valence-electron chi connectivity index (χ0n) is 14.7. The zero-order chi connectivity index (χ0) is 18.3. The molecule has 1 aliphatic carbocycles. The molecule has 0 bridgehead atoms. The van der Waals surface area contributed by atoms with Crippen molar-refractivity contribution in [2.75, 3.05) is 13.1 Å². The van der Waals surface area contributed by atoms with Crippen molar-refractivity contribution in [2.45, 2.75) is 45.1 Å². The van der Waals surface area contributed by atoms with Gasteiger partial charge in [0.2, 0.25) is 5.91 Å². The highest BCUT2D eigenvalue weighted by Crippen LogP contribution is 2.38. The number of carbonyl (C=O) groups is 1. The number of nitrogens with zero attached hydrogens (tertiary/aromatic N) is 2. The first-order valence-electron chi connectivity index (χ1n) is 8.82. The molecule has 1 aliphatic rings. The topological polar surface area (TPSA) is 89.5 Å². The molecule has 1 aromatic rings. The molecule has 1 aromatic carbocycles. The van der Waals surface area contributed by atoms with Gasteiger partial charge in [-0.3, -0.25) is 14.9 Å². The molecule has 0 spiro atoms. The molecule has 6 nitrogen and oxygen atoms in total. The maximum Gasteiger partial charge on any atom is 0.269 e. The van der Waals surface area contributed by atoms with Gasteiger partial charge in [0.1, 0.15) is 0 Å². The van der Waals surface area contributed by atoms with Crippen LogP contribution in [0.15, 0.2) is 36.9 Å². The van der Waals surface area contributed by atoms with E-state index >= 15 is 0 Å². The van der Waals surface area contributed by atoms with Crippen LogP contribution in [0.3, 0.4) is 0 Å². The average Bonchev–Trinajstić information content (AvgIpc) is 2.62. The minimum atomic E-state index is -0.422. The SMILES string of the molecule is C=CCN(Cc1cccc([N+](=O)[O-])c1)C(=O)CC1(CN)CCCCC1. The van der Waals surface area contributed by atoms with Crippen LogP contribution in [0, 0.1) is 15.5 Å². The van der Waals surface area contributed by atoms with Gasteiger partial charge in [-0.25, -0.2) is 0 Å². The Morgan fingerprint density at radius 3 is 2.68 bits per heavy atom. The summed E-state index contributed by atoms with van der Waals surface area (Å²) in [5.41, 5.74) is 6.68. The van der Waals surface area contributed by atoms with Crippen molar-refractivity contribution in [1.29, 1.82) is 0 Å². The fraction of sp³-hybridized carbons (Fsp3) is 0.526. The van der Waals surface area contributed by atoms with Crippen LogP contribution in [0.2, 0.25) is 0 Å². The fourth-order valence-corrected chi connectivity index (χ4v) is 3.59. The number of hydrogen-bond acceptors (Lipinski definition) is 4. The molecule has 1 amide bonds. The molecule has 2 rings (SSSR count). The fourth-order valence-electron chi connectivity index (χ4n) is 3.59. The second-order valence-corrected chi connectivity index (χ2v) is 6.93. The Morgan fingerprint density at radius 1 is 1.36 bits per heavy atom. The van der Waals surface area contributed by atoms with E-state index in [2.05, 4.69) is 6.58 Å². The summed E-state index contributed by atoms with van der Waals surface area (Å²) in [6.07, 6.45) is 7.56. The molecule has 0 atom stereocenters. The van der Waals surface area contributed by atoms with Gasteiger partial charge in [-0.05, 0) is 30.4 Å². The highest BCUT2D eigenvalue weighted by Gasteiger charge is 2.34. The molecule has 1 fully saturated rings. The Kier molecular flexibility index (Phi) is 6.70. The predicted octanol–water partition coefficient (Wildman–Crippen LogP) is 3.41. The largest absolute Gasteiger partial charge is 0.335 e. The van der Waals surface area contributed by atoms with Gasteiger partial charge in [-0.1, -0.05) is 37.5 Å². The molecule has 0 heterocycles. The number of benzene rings is 1. The quantitative estimate of drug-likeness (QED) is 0.444. The highest BCUT2D eigenvalue weighted by atomic mass is 16.6. The van der Waals surface area contributed by atoms with E-state index < -0.39 is 4.92 Å². The molecule has 25 heavy (non-hydrogen) atoms. The van der Waals surface area contributed by atoms with Gasteiger partial charge >= 0.3 is 0 Å². The Morgan fingerprint density at radius 2 is 2.08 bits per heavy atom. The van der Waals surface area contributed by atoms with Crippen LogP contribution in [0.1, 0.15) is 44.1 Å². The van der Waals surface area contributed by atoms with Gasteiger partial charge in [0.15, 0.2) is 0 Å². The van der Waals surface area contributed by atoms with Crippen LogP contribution in [-0.2, 0) is 11.3 Å². The average molecular weight is 345 g/mol. The van der Waals surface area contributed by atoms with E-state index in [9.17, 15) is 14.9 Å². The summed E-state index contributed by atoms with van der Waals surface area (Å²) in [7, 11) is 0. The summed E-state index contributed by atoms with van der Waals surface area (Å²) in [6, 6.07) is 6.42. The number of non-ortho nitro benzene ring substituents is 1. The van der Waals surface area contributed by atoms with E-state index in [-0.39, 0.29) is 17.0 Å². The van der Waals surface area contributed by atoms with E-state index in [1.807, 2.05) is 0 Å². The van der Waals surface area contributed by atoms with E-state index in [4.69, 9.17) is 5.73 Å². The number of nitro benzene ring substituents is 1. The third-order valence-corrected chi connectivity index (χ3v) is 5.07. The lowest BCUT2D eigenvalue weighted by Gasteiger charge is -2.37. The molecule has 1 saturated carbocycles. The molecule has 0 aliphatic heterocycles. The van der Waals surface area contributed by atoms with E-state index in [0.717, 1.165) is 31.2 Å². The maximum atomic E-state index is 12.9. The van der Waals surface area contributed by atoms with E-state index in [1.54, 1.807) is 23.1 Å². The first-order valence-corrected chi connectivity index (χ1v) is 8.82. The summed E-state index contributed by atoms with van der Waals surface area (Å²) < 4.78 is 0. The minimum Gasteiger partial charge on any atom is -0.335 e. The monoisotopic (exact) mass is 345 g/mol. The molecule has 136 valence electrons. The minimum absolute atomic E-state index is 0.0363. The summed E-state index contributed by atoms with van der Waals surface area (Å²) >= 11 is 0. The number of hydrogen-bond donors (Lipinski definition) is 1. The van der Waals surface area contributed by atoms with Gasteiger partial charge in [0.25, 0.3) is 5.69 Å². The van der Waals surface area contributed by atoms with Crippen molar-refractivity contribution in [2.24, 2.45) is 11.1 Å². The van der Waals surface area contributed by atoms with Crippen molar-refractivity contribution < 1.29 is 9.72 Å². The van der Waals surface area contributed by atoms with E-state index in [0.29, 0.717) is 26.1 Å². The number of nitrogens with two attached hydrogens (primary N) is 1. The summed E-state index contributed by atoms with van der Waals surface area (Å²) in [4.78, 5) is 25.1. The van der Waals surface area contributed by atoms with Crippen molar-refractivity contribution >= 4 is 11.6 Å². The van der Waals surface area contributed by atoms with Crippen LogP contribution in [0.5, 0.6) is 0 Å². The third kappa shape index (κ3) is 5.13. The number of carbonyl (C=O) groups excluding carboxylic acids is 1. The molecular formula is C19H27N3O3. The van der Waals surface area contributed by atoms with Crippen molar-refractivity contribution in [1.82, 2.24) is 4.90 Å². The van der Waals surface area contributed by atoms with Crippen LogP contribution >= 0.6 is 0 Å². The number of amides is 1. The Hall–Kier alpha value is -2.21. The smallest absolute Gasteiger partial charge is 0.269 e. The standard InChI is InChI=1S/C19H27N3O3/c1-2-11-21(14-16-7-6-8-17(12-16)22(24)25)18(23)13-19(15-20)9-4-3-5-10-19/h2,6-8,12H,1,3-5,9-11,13-15,20H2. The van der Waals surface area contributed by atoms with Crippen LogP contribution in [0.25, 0.3) is 0 Å². The normalized spacial score (nSPS) is 16.2. The zero-order valence-corrected chi connectivity index (χ0v) is 14.7. The third-order valence-electron chi connectivity index (χ3n) is 5.07. The Bertz CT molecular complexity index is 624. The lowest BCUT2D eigenvalue weighted by atomic mass is 9.71. The lowest BCUT2D eigenvalue weighted by molar-refractivity contribution is -0.384. The maximum absolute atomic E-state index is 12.9. The van der Waals surface area contributed by atoms with Crippen LogP contribution in [-0.4, -0.2) is 28.8 Å². The molecule has 0 saturated heterocycles. The molecule has 0 radical (unpaired) electrons. The van der Waals surface area contributed by atoms with Crippen molar-refractivity contribution in [3.63, 3.8) is 0 Å². The predicted molar refractivity (Wildman–Crippen MR) is 97.9 cm³/mol. The van der Waals surface area contributed by atoms with Gasteiger partial charge in [-0.2, -0.15) is 0 Å². The summed E-state index contributed by atoms with van der Waals surface area (Å²) in [5.74, 6) is 0.0405. The summed E-state index contributed by atoms with van der Waals surface area (Å²) in [6.45, 7) is 5.01. The second kappa shape index (κ2) is 8.76. The van der Waals surface area contributed by atoms with Crippen LogP contribution in [0.4, 0.5) is 5.69 Å². The first kappa shape index (κ1) is 19.1. The number of nitro groups is 1. The van der Waals surface area contributed by atoms with Gasteiger partial charge in [-0.15, -0.1) is 6.58 Å². The first-order chi connectivity index (χ1) is 12.0. The Balaban J connectivity index is 2.11. The van der Waals surface area contributed by atoms with Gasteiger partial charge in [0, 0.05) is 31.6 Å².